The zero-order valence-corrected chi connectivity index (χ0v) is 38.2. The van der Waals surface area contributed by atoms with Crippen molar-refractivity contribution in [2.24, 2.45) is 29.6 Å². The zero-order valence-electron chi connectivity index (χ0n) is 38.2. The van der Waals surface area contributed by atoms with Gasteiger partial charge < -0.3 is 38.6 Å². The van der Waals surface area contributed by atoms with Gasteiger partial charge in [0.05, 0.1) is 18.3 Å². The molecule has 1 saturated carbocycles. The smallest absolute Gasteiger partial charge is 0.329 e. The van der Waals surface area contributed by atoms with Crippen LogP contribution >= 0.6 is 0 Å². The van der Waals surface area contributed by atoms with E-state index >= 15 is 0 Å². The maximum Gasteiger partial charge on any atom is 0.329 e. The highest BCUT2D eigenvalue weighted by atomic mass is 16.7. The molecule has 13 atom stereocenters. The van der Waals surface area contributed by atoms with Crippen LogP contribution in [0, 0.1) is 29.6 Å². The molecule has 4 rings (SSSR count). The molecule has 12 nitrogen and oxygen atoms in total. The molecule has 1 amide bonds. The van der Waals surface area contributed by atoms with Gasteiger partial charge in [-0.2, -0.15) is 0 Å². The molecule has 3 heterocycles. The first-order chi connectivity index (χ1) is 28.0. The summed E-state index contributed by atoms with van der Waals surface area (Å²) in [5, 5.41) is 12.1. The van der Waals surface area contributed by atoms with E-state index in [1.54, 1.807) is 21.1 Å². The van der Waals surface area contributed by atoms with Crippen molar-refractivity contribution in [3.05, 3.63) is 23.3 Å². The van der Waals surface area contributed by atoms with Gasteiger partial charge in [-0.15, -0.1) is 0 Å². The number of hydrogen-bond acceptors (Lipinski definition) is 11. The molecule has 3 aliphatic heterocycles. The van der Waals surface area contributed by atoms with Gasteiger partial charge in [0.15, 0.2) is 0 Å². The number of methoxy groups -OCH3 is 2. The molecule has 13 unspecified atom stereocenters. The summed E-state index contributed by atoms with van der Waals surface area (Å²) in [6.07, 6.45) is 10.2. The third-order valence-electron chi connectivity index (χ3n) is 13.7. The van der Waals surface area contributed by atoms with Crippen LogP contribution in [0.4, 0.5) is 0 Å². The number of esters is 1. The number of allylic oxidation sites excluding steroid dienone is 3. The Bertz CT molecular complexity index is 1480. The fraction of sp³-hybridized carbons (Fsp3) is 0.830. The Balaban J connectivity index is 1.73. The Morgan fingerprint density at radius 2 is 1.66 bits per heavy atom. The van der Waals surface area contributed by atoms with Gasteiger partial charge in [0.2, 0.25) is 5.79 Å². The molecule has 3 fully saturated rings. The molecule has 0 spiro atoms. The fourth-order valence-corrected chi connectivity index (χ4v) is 10.2. The summed E-state index contributed by atoms with van der Waals surface area (Å²) in [5.74, 6) is -5.86. The van der Waals surface area contributed by atoms with Crippen molar-refractivity contribution in [3.8, 4) is 0 Å². The molecule has 0 aromatic rings. The average molecular weight is 831 g/mol. The van der Waals surface area contributed by atoms with Crippen LogP contribution in [-0.4, -0.2) is 128 Å². The number of carbonyl (C=O) groups excluding carboxylic acids is 4. The maximum absolute atomic E-state index is 14.4. The van der Waals surface area contributed by atoms with Crippen LogP contribution in [0.25, 0.3) is 0 Å². The van der Waals surface area contributed by atoms with Crippen LogP contribution in [0.5, 0.6) is 0 Å². The topological polar surface area (TPSA) is 141 Å². The van der Waals surface area contributed by atoms with Gasteiger partial charge >= 0.3 is 5.97 Å². The van der Waals surface area contributed by atoms with Crippen molar-refractivity contribution in [2.45, 2.75) is 180 Å². The highest BCUT2D eigenvalue weighted by Gasteiger charge is 2.56. The van der Waals surface area contributed by atoms with E-state index in [-0.39, 0.29) is 48.5 Å². The van der Waals surface area contributed by atoms with E-state index in [0.717, 1.165) is 36.8 Å². The van der Waals surface area contributed by atoms with Gasteiger partial charge in [0.25, 0.3) is 11.7 Å². The Morgan fingerprint density at radius 1 is 0.966 bits per heavy atom. The summed E-state index contributed by atoms with van der Waals surface area (Å²) in [6, 6.07) is -0.696. The zero-order chi connectivity index (χ0) is 43.6. The quantitative estimate of drug-likeness (QED) is 0.148. The molecular formula is C47H78N2O10. The van der Waals surface area contributed by atoms with E-state index in [1.165, 1.54) is 4.90 Å². The number of likely N-dealkylation sites (N-methyl/N-ethyl adjacent to an activating group) is 1. The van der Waals surface area contributed by atoms with Crippen LogP contribution in [0.2, 0.25) is 0 Å². The molecule has 2 bridgehead atoms. The fourth-order valence-electron chi connectivity index (χ4n) is 10.2. The predicted octanol–water partition coefficient (Wildman–Crippen LogP) is 6.85. The predicted molar refractivity (Wildman–Crippen MR) is 227 cm³/mol. The minimum absolute atomic E-state index is 0.0833. The Kier molecular flexibility index (Phi) is 18.8. The molecule has 1 N–H and O–H groups in total. The number of nitrogens with zero attached hydrogens (tertiary/aromatic N) is 2. The molecule has 0 radical (unpaired) electrons. The normalized spacial score (nSPS) is 38.0. The Labute approximate surface area is 355 Å². The van der Waals surface area contributed by atoms with Gasteiger partial charge in [-0.05, 0) is 128 Å². The Morgan fingerprint density at radius 3 is 2.31 bits per heavy atom. The largest absolute Gasteiger partial charge is 0.456 e. The lowest BCUT2D eigenvalue weighted by Crippen LogP contribution is -2.64. The van der Waals surface area contributed by atoms with Crippen LogP contribution in [0.3, 0.4) is 0 Å². The second kappa shape index (κ2) is 22.6. The van der Waals surface area contributed by atoms with E-state index in [4.69, 9.17) is 23.7 Å². The van der Waals surface area contributed by atoms with Gasteiger partial charge in [-0.25, -0.2) is 4.79 Å². The lowest BCUT2D eigenvalue weighted by Gasteiger charge is -2.47. The summed E-state index contributed by atoms with van der Waals surface area (Å²) in [7, 11) is 7.33. The average Bonchev–Trinajstić information content (AvgIpc) is 3.21. The molecule has 12 heteroatoms. The summed E-state index contributed by atoms with van der Waals surface area (Å²) >= 11 is 0. The van der Waals surface area contributed by atoms with Crippen molar-refractivity contribution in [1.29, 1.82) is 0 Å². The van der Waals surface area contributed by atoms with E-state index < -0.39 is 59.8 Å². The second-order valence-corrected chi connectivity index (χ2v) is 18.6. The van der Waals surface area contributed by atoms with Crippen LogP contribution in [0.1, 0.15) is 132 Å². The first kappa shape index (κ1) is 49.2. The molecule has 0 aromatic heterocycles. The van der Waals surface area contributed by atoms with Crippen molar-refractivity contribution < 1.29 is 48.0 Å². The molecular weight excluding hydrogens is 753 g/mol. The minimum Gasteiger partial charge on any atom is -0.456 e. The lowest BCUT2D eigenvalue weighted by atomic mass is 9.81. The summed E-state index contributed by atoms with van der Waals surface area (Å²) in [5.41, 5.74) is 2.00. The number of ether oxygens (including phenoxy) is 5. The van der Waals surface area contributed by atoms with Crippen LogP contribution in [0.15, 0.2) is 23.3 Å². The van der Waals surface area contributed by atoms with Crippen LogP contribution in [-0.2, 0) is 42.9 Å². The number of cyclic esters (lactones) is 1. The number of amides is 1. The highest BCUT2D eigenvalue weighted by Crippen LogP contribution is 2.39. The lowest BCUT2D eigenvalue weighted by molar-refractivity contribution is -0.302. The summed E-state index contributed by atoms with van der Waals surface area (Å²) < 4.78 is 30.9. The first-order valence-corrected chi connectivity index (χ1v) is 22.7. The number of aliphatic hydroxyl groups is 1. The van der Waals surface area contributed by atoms with Crippen molar-refractivity contribution >= 4 is 23.4 Å². The highest BCUT2D eigenvalue weighted by molar-refractivity contribution is 6.39. The van der Waals surface area contributed by atoms with Gasteiger partial charge in [-0.1, -0.05) is 52.3 Å². The van der Waals surface area contributed by atoms with E-state index in [2.05, 4.69) is 51.9 Å². The number of Topliss-reactive ketones (excluding diaryl/α,β-unsaturated/α-hetero) is 2. The molecule has 1 aliphatic carbocycles. The standard InChI is InChI=1S/C47H78N2O10/c1-12-22-57-39-28-34(18-19-36(39)48(8)9)26-32(6)42-31(5)17-20-38(50)35(13-2)24-29(3)23-30(4)25-40(55-10)43-41(56-11)27-33(7)47(54,59-43)44(51)45(52)49-21-15-14-16-37(49)46(53)58-42/h24,26,30-31,33-37,39-43,54H,12-23,25,27-28H2,1-11H3. The van der Waals surface area contributed by atoms with Crippen molar-refractivity contribution in [3.63, 3.8) is 0 Å². The SMILES string of the molecule is CCCOC1CC(C=C(C)C2OC(=O)C3CCCCN3C(=O)C(=O)C3(O)OC(C(OC)CC(C)CC(C)=CC(CC)C(=O)CCC2C)C(OC)CC3C)CCC1N(C)C. The summed E-state index contributed by atoms with van der Waals surface area (Å²) in [4.78, 5) is 60.4. The van der Waals surface area contributed by atoms with Gasteiger partial charge in [0.1, 0.15) is 24.0 Å². The monoisotopic (exact) mass is 831 g/mol. The minimum atomic E-state index is -2.45. The number of hydrogen-bond donors (Lipinski definition) is 1. The van der Waals surface area contributed by atoms with E-state index in [1.807, 2.05) is 20.8 Å². The number of piperidine rings is 1. The molecule has 2 saturated heterocycles. The number of rotatable bonds is 9. The third kappa shape index (κ3) is 12.3. The Hall–Kier alpha value is -2.48. The van der Waals surface area contributed by atoms with Gasteiger partial charge in [0, 0.05) is 51.7 Å². The van der Waals surface area contributed by atoms with Gasteiger partial charge in [-0.3, -0.25) is 14.4 Å². The molecule has 0 aromatic carbocycles. The first-order valence-electron chi connectivity index (χ1n) is 22.7. The molecule has 336 valence electrons. The third-order valence-corrected chi connectivity index (χ3v) is 13.7. The van der Waals surface area contributed by atoms with Crippen molar-refractivity contribution in [2.75, 3.05) is 41.5 Å². The molecule has 4 aliphatic rings. The molecule has 59 heavy (non-hydrogen) atoms. The van der Waals surface area contributed by atoms with Crippen LogP contribution < -0.4 is 0 Å². The van der Waals surface area contributed by atoms with E-state index in [0.29, 0.717) is 64.0 Å². The second-order valence-electron chi connectivity index (χ2n) is 18.6. The number of ketones is 2. The van der Waals surface area contributed by atoms with E-state index in [9.17, 15) is 24.3 Å². The number of carbonyl (C=O) groups is 4. The van der Waals surface area contributed by atoms with Crippen molar-refractivity contribution in [1.82, 2.24) is 9.80 Å². The number of fused-ring (bicyclic) bond motifs is 3. The summed E-state index contributed by atoms with van der Waals surface area (Å²) in [6.45, 7) is 14.9. The maximum atomic E-state index is 14.4.